The number of rotatable bonds is 5. The van der Waals surface area contributed by atoms with E-state index in [4.69, 9.17) is 11.6 Å². The molecule has 0 aliphatic carbocycles. The molecule has 3 rings (SSSR count). The Morgan fingerprint density at radius 2 is 2.38 bits per heavy atom. The number of amides is 1. The molecule has 1 aliphatic heterocycles. The van der Waals surface area contributed by atoms with Crippen LogP contribution < -0.4 is 5.32 Å². The summed E-state index contributed by atoms with van der Waals surface area (Å²) in [5.74, 6) is 0. The highest BCUT2D eigenvalue weighted by Gasteiger charge is 2.22. The van der Waals surface area contributed by atoms with Gasteiger partial charge in [-0.15, -0.1) is 0 Å². The summed E-state index contributed by atoms with van der Waals surface area (Å²) >= 11 is 0. The monoisotopic (exact) mass is 292 g/mol. The molecule has 2 N–H and O–H groups in total. The highest BCUT2D eigenvalue weighted by Crippen LogP contribution is 2.21. The van der Waals surface area contributed by atoms with E-state index in [2.05, 4.69) is 10.3 Å². The molecule has 1 saturated heterocycles. The molecule has 0 saturated carbocycles. The standard InChI is InChI=1S/C16H21N3O2/c1-19(2)6-5-12-9-17-15-4-3-11(8-14(12)15)7-13-10-21-16(20)18-13/h3-4,8-9,13,17H,5-7,10H2,1-2H3,(H,18,20)/t13-/m0/s1/i5D2,7D2,9D. The van der Waals surface area contributed by atoms with Gasteiger partial charge in [-0.05, 0) is 50.1 Å². The van der Waals surface area contributed by atoms with Crippen molar-refractivity contribution in [3.8, 4) is 0 Å². The summed E-state index contributed by atoms with van der Waals surface area (Å²) in [5, 5.41) is 2.92. The lowest BCUT2D eigenvalue weighted by Crippen LogP contribution is -2.28. The molecule has 21 heavy (non-hydrogen) atoms. The smallest absolute Gasteiger partial charge is 0.407 e. The first kappa shape index (κ1) is 9.10. The molecular formula is C16H21N3O2. The number of carbonyl (C=O) groups excluding carboxylic acids is 1. The number of nitrogens with zero attached hydrogens (tertiary/aromatic N) is 1. The van der Waals surface area contributed by atoms with Gasteiger partial charge in [0.25, 0.3) is 0 Å². The van der Waals surface area contributed by atoms with Gasteiger partial charge in [-0.1, -0.05) is 6.07 Å². The normalized spacial score (nSPS) is 23.1. The van der Waals surface area contributed by atoms with Gasteiger partial charge >= 0.3 is 6.09 Å². The van der Waals surface area contributed by atoms with E-state index in [1.54, 1.807) is 37.2 Å². The molecule has 112 valence electrons. The van der Waals surface area contributed by atoms with Gasteiger partial charge in [-0.25, -0.2) is 4.79 Å². The zero-order chi connectivity index (χ0) is 19.3. The van der Waals surface area contributed by atoms with Crippen LogP contribution in [0, 0.1) is 0 Å². The average molecular weight is 292 g/mol. The number of hydrogen-bond acceptors (Lipinski definition) is 3. The van der Waals surface area contributed by atoms with Crippen molar-refractivity contribution in [2.45, 2.75) is 18.8 Å². The van der Waals surface area contributed by atoms with Crippen molar-refractivity contribution in [1.82, 2.24) is 15.2 Å². The van der Waals surface area contributed by atoms with Crippen LogP contribution in [0.2, 0.25) is 0 Å². The van der Waals surface area contributed by atoms with Crippen molar-refractivity contribution in [2.24, 2.45) is 0 Å². The zero-order valence-corrected chi connectivity index (χ0v) is 12.0. The third-order valence-corrected chi connectivity index (χ3v) is 3.20. The van der Waals surface area contributed by atoms with Gasteiger partial charge < -0.3 is 19.9 Å². The number of alkyl carbamates (subject to hydrolysis) is 1. The molecule has 1 aromatic carbocycles. The average Bonchev–Trinajstić information content (AvgIpc) is 3.08. The second-order valence-electron chi connectivity index (χ2n) is 5.24. The van der Waals surface area contributed by atoms with Gasteiger partial charge in [0.1, 0.15) is 6.61 Å². The van der Waals surface area contributed by atoms with Crippen LogP contribution in [0.25, 0.3) is 10.9 Å². The van der Waals surface area contributed by atoms with Crippen LogP contribution in [-0.2, 0) is 17.5 Å². The number of aromatic nitrogens is 1. The van der Waals surface area contributed by atoms with E-state index in [0.29, 0.717) is 16.5 Å². The second-order valence-corrected chi connectivity index (χ2v) is 5.24. The van der Waals surface area contributed by atoms with Crippen molar-refractivity contribution in [2.75, 3.05) is 27.2 Å². The van der Waals surface area contributed by atoms with Crippen LogP contribution in [0.15, 0.2) is 24.4 Å². The van der Waals surface area contributed by atoms with Gasteiger partial charge in [0.2, 0.25) is 0 Å². The quantitative estimate of drug-likeness (QED) is 0.885. The first-order chi connectivity index (χ1) is 12.0. The molecular weight excluding hydrogens is 266 g/mol. The summed E-state index contributed by atoms with van der Waals surface area (Å²) in [6.45, 7) is 0.0183. The van der Waals surface area contributed by atoms with Gasteiger partial charge in [-0.2, -0.15) is 0 Å². The van der Waals surface area contributed by atoms with E-state index in [-0.39, 0.29) is 24.9 Å². The number of likely N-dealkylation sites (N-methyl/N-ethyl adjacent to an activating group) is 1. The summed E-state index contributed by atoms with van der Waals surface area (Å²) in [5.41, 5.74) is 1.06. The van der Waals surface area contributed by atoms with Crippen molar-refractivity contribution < 1.29 is 16.4 Å². The Kier molecular flexibility index (Phi) is 2.50. The third-order valence-electron chi connectivity index (χ3n) is 3.20. The summed E-state index contributed by atoms with van der Waals surface area (Å²) < 4.78 is 46.4. The fourth-order valence-electron chi connectivity index (χ4n) is 2.19. The molecule has 0 unspecified atom stereocenters. The van der Waals surface area contributed by atoms with Crippen LogP contribution in [-0.4, -0.2) is 49.3 Å². The summed E-state index contributed by atoms with van der Waals surface area (Å²) in [7, 11) is 3.51. The highest BCUT2D eigenvalue weighted by atomic mass is 16.6. The van der Waals surface area contributed by atoms with Crippen LogP contribution in [0.1, 0.15) is 18.0 Å². The number of nitrogens with one attached hydrogen (secondary N) is 2. The number of benzene rings is 1. The lowest BCUT2D eigenvalue weighted by atomic mass is 10.0. The van der Waals surface area contributed by atoms with Crippen molar-refractivity contribution in [1.29, 1.82) is 0 Å². The van der Waals surface area contributed by atoms with E-state index >= 15 is 0 Å². The van der Waals surface area contributed by atoms with Crippen molar-refractivity contribution >= 4 is 17.0 Å². The minimum Gasteiger partial charge on any atom is -0.447 e. The van der Waals surface area contributed by atoms with Crippen LogP contribution in [0.5, 0.6) is 0 Å². The second kappa shape index (κ2) is 5.77. The Balaban J connectivity index is 2.08. The molecule has 5 nitrogen and oxygen atoms in total. The maximum atomic E-state index is 11.3. The molecule has 2 aromatic rings. The predicted molar refractivity (Wildman–Crippen MR) is 82.5 cm³/mol. The summed E-state index contributed by atoms with van der Waals surface area (Å²) in [4.78, 5) is 15.8. The SMILES string of the molecule is [2H]c1[nH]c2ccc(C([2H])([2H])[C@H]3COC(=O)N3)cc2c1C([2H])([2H])CN(C)C. The Bertz CT molecular complexity index is 850. The minimum atomic E-state index is -1.90. The number of hydrogen-bond donors (Lipinski definition) is 2. The highest BCUT2D eigenvalue weighted by molar-refractivity contribution is 5.84. The molecule has 1 aromatic heterocycles. The molecule has 5 heteroatoms. The molecule has 1 aliphatic rings. The fourth-order valence-corrected chi connectivity index (χ4v) is 2.19. The Morgan fingerprint density at radius 1 is 1.52 bits per heavy atom. The zero-order valence-electron chi connectivity index (χ0n) is 17.0. The van der Waals surface area contributed by atoms with Gasteiger partial charge in [-0.3, -0.25) is 0 Å². The number of cyclic esters (lactones) is 1. The number of fused-ring (bicyclic) bond motifs is 1. The molecule has 1 atom stereocenters. The van der Waals surface area contributed by atoms with E-state index in [0.717, 1.165) is 0 Å². The Hall–Kier alpha value is -2.01. The number of aromatic amines is 1. The van der Waals surface area contributed by atoms with Crippen molar-refractivity contribution in [3.63, 3.8) is 0 Å². The summed E-state index contributed by atoms with van der Waals surface area (Å²) in [6.07, 6.45) is -4.36. The van der Waals surface area contributed by atoms with Crippen LogP contribution >= 0.6 is 0 Å². The van der Waals surface area contributed by atoms with Gasteiger partial charge in [0.15, 0.2) is 0 Å². The lowest BCUT2D eigenvalue weighted by molar-refractivity contribution is 0.177. The first-order valence-corrected chi connectivity index (χ1v) is 6.73. The molecule has 1 fully saturated rings. The van der Waals surface area contributed by atoms with Crippen LogP contribution in [0.4, 0.5) is 4.79 Å². The van der Waals surface area contributed by atoms with E-state index in [1.165, 1.54) is 0 Å². The maximum absolute atomic E-state index is 11.3. The van der Waals surface area contributed by atoms with E-state index in [1.807, 2.05) is 0 Å². The van der Waals surface area contributed by atoms with E-state index in [9.17, 15) is 4.79 Å². The van der Waals surface area contributed by atoms with E-state index < -0.39 is 24.9 Å². The number of carbonyl (C=O) groups is 1. The first-order valence-electron chi connectivity index (χ1n) is 9.23. The maximum Gasteiger partial charge on any atom is 0.407 e. The van der Waals surface area contributed by atoms with Gasteiger partial charge in [0, 0.05) is 29.1 Å². The Labute approximate surface area is 131 Å². The Morgan fingerprint density at radius 3 is 3.10 bits per heavy atom. The number of ether oxygens (including phenoxy) is 1. The molecule has 0 bridgehead atoms. The topological polar surface area (TPSA) is 57.4 Å². The molecule has 0 radical (unpaired) electrons. The van der Waals surface area contributed by atoms with Crippen LogP contribution in [0.3, 0.4) is 0 Å². The van der Waals surface area contributed by atoms with Gasteiger partial charge in [0.05, 0.1) is 7.41 Å². The third kappa shape index (κ3) is 3.19. The number of H-pyrrole nitrogens is 1. The summed E-state index contributed by atoms with van der Waals surface area (Å²) in [6, 6.07) is 3.93. The fraction of sp³-hybridized carbons (Fsp3) is 0.438. The minimum absolute atomic E-state index is 0.0259. The molecule has 1 amide bonds. The lowest BCUT2D eigenvalue weighted by Gasteiger charge is -2.09. The largest absolute Gasteiger partial charge is 0.447 e. The molecule has 2 heterocycles. The molecule has 0 spiro atoms. The predicted octanol–water partition coefficient (Wildman–Crippen LogP) is 1.92. The van der Waals surface area contributed by atoms with Crippen molar-refractivity contribution in [3.05, 3.63) is 35.5 Å².